The van der Waals surface area contributed by atoms with E-state index in [1.165, 1.54) is 7.11 Å². The normalized spacial score (nSPS) is 17.8. The van der Waals surface area contributed by atoms with Gasteiger partial charge in [-0.3, -0.25) is 9.59 Å². The lowest BCUT2D eigenvalue weighted by Gasteiger charge is -2.24. The van der Waals surface area contributed by atoms with E-state index in [0.29, 0.717) is 42.4 Å². The fraction of sp³-hybridized carbons (Fsp3) is 0.391. The summed E-state index contributed by atoms with van der Waals surface area (Å²) in [7, 11) is 4.60. The zero-order valence-corrected chi connectivity index (χ0v) is 18.0. The van der Waals surface area contributed by atoms with Crippen molar-refractivity contribution in [3.05, 3.63) is 54.1 Å². The Morgan fingerprint density at radius 1 is 1.03 bits per heavy atom. The third-order valence-corrected chi connectivity index (χ3v) is 5.12. The molecular formula is C23H28N2O6. The van der Waals surface area contributed by atoms with Crippen molar-refractivity contribution < 1.29 is 28.5 Å². The van der Waals surface area contributed by atoms with Gasteiger partial charge in [-0.1, -0.05) is 18.2 Å². The Labute approximate surface area is 182 Å². The van der Waals surface area contributed by atoms with Crippen molar-refractivity contribution in [2.24, 2.45) is 0 Å². The molecule has 166 valence electrons. The summed E-state index contributed by atoms with van der Waals surface area (Å²) >= 11 is 0. The molecule has 1 aliphatic heterocycles. The number of benzene rings is 2. The van der Waals surface area contributed by atoms with E-state index in [1.54, 1.807) is 37.3 Å². The van der Waals surface area contributed by atoms with Gasteiger partial charge in [0.2, 0.25) is 5.91 Å². The molecule has 1 aliphatic rings. The van der Waals surface area contributed by atoms with Gasteiger partial charge in [-0.05, 0) is 24.3 Å². The van der Waals surface area contributed by atoms with E-state index < -0.39 is 6.04 Å². The third-order valence-electron chi connectivity index (χ3n) is 5.12. The molecule has 2 atom stereocenters. The molecule has 1 heterocycles. The standard InChI is InChI=1S/C23H28N2O6/c1-28-12-11-24-22(26)20-13-18(31-16-7-5-4-6-8-16)15-25(20)23(27)19-10-9-17(29-2)14-21(19)30-3/h4-10,14,18,20H,11-13,15H2,1-3H3,(H,24,26)/t18-,20-/m0/s1. The van der Waals surface area contributed by atoms with Gasteiger partial charge in [0.15, 0.2) is 0 Å². The predicted molar refractivity (Wildman–Crippen MR) is 115 cm³/mol. The molecule has 0 saturated carbocycles. The third kappa shape index (κ3) is 5.46. The second-order valence-corrected chi connectivity index (χ2v) is 7.11. The Morgan fingerprint density at radius 2 is 1.81 bits per heavy atom. The maximum atomic E-state index is 13.4. The molecule has 8 heteroatoms. The monoisotopic (exact) mass is 428 g/mol. The van der Waals surface area contributed by atoms with Crippen molar-refractivity contribution >= 4 is 11.8 Å². The van der Waals surface area contributed by atoms with Gasteiger partial charge in [0.1, 0.15) is 29.4 Å². The van der Waals surface area contributed by atoms with Crippen molar-refractivity contribution in [2.75, 3.05) is 41.0 Å². The number of para-hydroxylation sites is 1. The van der Waals surface area contributed by atoms with Gasteiger partial charge < -0.3 is 29.2 Å². The second kappa shape index (κ2) is 10.7. The summed E-state index contributed by atoms with van der Waals surface area (Å²) in [5, 5.41) is 2.83. The van der Waals surface area contributed by atoms with Crippen molar-refractivity contribution in [3.8, 4) is 17.2 Å². The Kier molecular flexibility index (Phi) is 7.72. The summed E-state index contributed by atoms with van der Waals surface area (Å²) in [5.41, 5.74) is 0.360. The zero-order chi connectivity index (χ0) is 22.2. The highest BCUT2D eigenvalue weighted by molar-refractivity contribution is 6.00. The number of nitrogens with zero attached hydrogens (tertiary/aromatic N) is 1. The lowest BCUT2D eigenvalue weighted by molar-refractivity contribution is -0.125. The van der Waals surface area contributed by atoms with E-state index >= 15 is 0 Å². The Balaban J connectivity index is 1.83. The van der Waals surface area contributed by atoms with Crippen molar-refractivity contribution in [3.63, 3.8) is 0 Å². The first-order valence-electron chi connectivity index (χ1n) is 10.1. The van der Waals surface area contributed by atoms with Crippen LogP contribution in [-0.4, -0.2) is 69.9 Å². The number of nitrogens with one attached hydrogen (secondary N) is 1. The van der Waals surface area contributed by atoms with Crippen LogP contribution in [0.3, 0.4) is 0 Å². The van der Waals surface area contributed by atoms with Crippen molar-refractivity contribution in [1.82, 2.24) is 10.2 Å². The number of hydrogen-bond acceptors (Lipinski definition) is 6. The minimum Gasteiger partial charge on any atom is -0.497 e. The minimum atomic E-state index is -0.662. The topological polar surface area (TPSA) is 86.3 Å². The van der Waals surface area contributed by atoms with Crippen molar-refractivity contribution in [1.29, 1.82) is 0 Å². The highest BCUT2D eigenvalue weighted by atomic mass is 16.5. The summed E-state index contributed by atoms with van der Waals surface area (Å²) in [4.78, 5) is 27.8. The number of amides is 2. The fourth-order valence-electron chi connectivity index (χ4n) is 3.57. The Bertz CT molecular complexity index is 889. The van der Waals surface area contributed by atoms with E-state index in [4.69, 9.17) is 18.9 Å². The van der Waals surface area contributed by atoms with E-state index in [2.05, 4.69) is 5.32 Å². The first-order valence-corrected chi connectivity index (χ1v) is 10.1. The van der Waals surface area contributed by atoms with E-state index in [1.807, 2.05) is 30.3 Å². The highest BCUT2D eigenvalue weighted by Crippen LogP contribution is 2.30. The fourth-order valence-corrected chi connectivity index (χ4v) is 3.57. The smallest absolute Gasteiger partial charge is 0.258 e. The number of methoxy groups -OCH3 is 3. The number of rotatable bonds is 9. The SMILES string of the molecule is COCCNC(=O)[C@@H]1C[C@H](Oc2ccccc2)CN1C(=O)c1ccc(OC)cc1OC. The molecule has 2 amide bonds. The largest absolute Gasteiger partial charge is 0.497 e. The number of hydrogen-bond donors (Lipinski definition) is 1. The van der Waals surface area contributed by atoms with Crippen LogP contribution in [0.4, 0.5) is 0 Å². The molecule has 0 aromatic heterocycles. The van der Waals surface area contributed by atoms with Gasteiger partial charge in [-0.25, -0.2) is 0 Å². The minimum absolute atomic E-state index is 0.239. The highest BCUT2D eigenvalue weighted by Gasteiger charge is 2.41. The van der Waals surface area contributed by atoms with Crippen molar-refractivity contribution in [2.45, 2.75) is 18.6 Å². The van der Waals surface area contributed by atoms with Gasteiger partial charge in [0, 0.05) is 26.1 Å². The molecule has 1 N–H and O–H groups in total. The zero-order valence-electron chi connectivity index (χ0n) is 18.0. The first-order chi connectivity index (χ1) is 15.1. The molecule has 2 aromatic carbocycles. The lowest BCUT2D eigenvalue weighted by atomic mass is 10.1. The number of carbonyl (C=O) groups excluding carboxylic acids is 2. The van der Waals surface area contributed by atoms with Crippen LogP contribution >= 0.6 is 0 Å². The summed E-state index contributed by atoms with van der Waals surface area (Å²) < 4.78 is 21.6. The van der Waals surface area contributed by atoms with E-state index in [0.717, 1.165) is 0 Å². The van der Waals surface area contributed by atoms with E-state index in [9.17, 15) is 9.59 Å². The maximum Gasteiger partial charge on any atom is 0.258 e. The summed E-state index contributed by atoms with van der Waals surface area (Å²) in [5.74, 6) is 1.12. The Hall–Kier alpha value is -3.26. The number of carbonyl (C=O) groups is 2. The Morgan fingerprint density at radius 3 is 2.48 bits per heavy atom. The molecule has 0 bridgehead atoms. The van der Waals surface area contributed by atoms with Gasteiger partial charge in [-0.2, -0.15) is 0 Å². The van der Waals surface area contributed by atoms with Crippen LogP contribution in [0.1, 0.15) is 16.8 Å². The van der Waals surface area contributed by atoms with E-state index in [-0.39, 0.29) is 24.5 Å². The quantitative estimate of drug-likeness (QED) is 0.616. The molecule has 2 aromatic rings. The average molecular weight is 428 g/mol. The molecule has 31 heavy (non-hydrogen) atoms. The van der Waals surface area contributed by atoms with Crippen LogP contribution < -0.4 is 19.5 Å². The van der Waals surface area contributed by atoms with Crippen LogP contribution in [0, 0.1) is 0 Å². The van der Waals surface area contributed by atoms with Gasteiger partial charge in [0.25, 0.3) is 5.91 Å². The number of likely N-dealkylation sites (tertiary alicyclic amines) is 1. The molecular weight excluding hydrogens is 400 g/mol. The molecule has 8 nitrogen and oxygen atoms in total. The molecule has 0 spiro atoms. The molecule has 0 unspecified atom stereocenters. The molecule has 0 radical (unpaired) electrons. The van der Waals surface area contributed by atoms with Gasteiger partial charge in [0.05, 0.1) is 32.9 Å². The molecule has 1 fully saturated rings. The van der Waals surface area contributed by atoms with Crippen LogP contribution in [0.2, 0.25) is 0 Å². The number of ether oxygens (including phenoxy) is 4. The summed E-state index contributed by atoms with van der Waals surface area (Å²) in [6.07, 6.45) is 0.0755. The molecule has 1 saturated heterocycles. The van der Waals surface area contributed by atoms with Crippen LogP contribution in [-0.2, 0) is 9.53 Å². The second-order valence-electron chi connectivity index (χ2n) is 7.11. The molecule has 3 rings (SSSR count). The lowest BCUT2D eigenvalue weighted by Crippen LogP contribution is -2.46. The maximum absolute atomic E-state index is 13.4. The van der Waals surface area contributed by atoms with Gasteiger partial charge in [-0.15, -0.1) is 0 Å². The molecule has 0 aliphatic carbocycles. The van der Waals surface area contributed by atoms with Gasteiger partial charge >= 0.3 is 0 Å². The summed E-state index contributed by atoms with van der Waals surface area (Å²) in [6.45, 7) is 1.04. The van der Waals surface area contributed by atoms with Crippen LogP contribution in [0.25, 0.3) is 0 Å². The average Bonchev–Trinajstić information content (AvgIpc) is 3.22. The summed E-state index contributed by atoms with van der Waals surface area (Å²) in [6, 6.07) is 13.7. The van der Waals surface area contributed by atoms with Crippen LogP contribution in [0.15, 0.2) is 48.5 Å². The first kappa shape index (κ1) is 22.4. The predicted octanol–water partition coefficient (Wildman–Crippen LogP) is 2.13. The van der Waals surface area contributed by atoms with Crippen LogP contribution in [0.5, 0.6) is 17.2 Å².